The van der Waals surface area contributed by atoms with Crippen LogP contribution >= 0.6 is 0 Å². The first-order valence-electron chi connectivity index (χ1n) is 6.49. The van der Waals surface area contributed by atoms with Gasteiger partial charge in [-0.25, -0.2) is 0 Å². The predicted molar refractivity (Wildman–Crippen MR) is 80.2 cm³/mol. The molecule has 0 aliphatic heterocycles. The Hall–Kier alpha value is -2.33. The van der Waals surface area contributed by atoms with Gasteiger partial charge in [-0.2, -0.15) is 5.26 Å². The van der Waals surface area contributed by atoms with Crippen LogP contribution in [0.4, 0.5) is 0 Å². The zero-order chi connectivity index (χ0) is 13.4. The standard InChI is InChI=1S/C18H15N/c1-12-9-17-15(7-8-19)11-14-5-3-4-6-16(14)18(17)10-13(12)2/h3-6,9-11H,7H2,1-2H3. The summed E-state index contributed by atoms with van der Waals surface area (Å²) in [6, 6.07) is 17.3. The number of hydrogen-bond donors (Lipinski definition) is 0. The minimum Gasteiger partial charge on any atom is -0.198 e. The van der Waals surface area contributed by atoms with Crippen LogP contribution in [-0.4, -0.2) is 0 Å². The van der Waals surface area contributed by atoms with Crippen LogP contribution in [0.1, 0.15) is 16.7 Å². The summed E-state index contributed by atoms with van der Waals surface area (Å²) in [5, 5.41) is 14.0. The SMILES string of the molecule is Cc1cc2c(CC#N)cc3ccccc3c2cc1C. The summed E-state index contributed by atoms with van der Waals surface area (Å²) in [6.45, 7) is 4.26. The van der Waals surface area contributed by atoms with Gasteiger partial charge in [-0.15, -0.1) is 0 Å². The van der Waals surface area contributed by atoms with Crippen LogP contribution in [0, 0.1) is 25.2 Å². The molecular weight excluding hydrogens is 230 g/mol. The van der Waals surface area contributed by atoms with E-state index >= 15 is 0 Å². The number of nitrogens with zero attached hydrogens (tertiary/aromatic N) is 1. The summed E-state index contributed by atoms with van der Waals surface area (Å²) in [4.78, 5) is 0. The van der Waals surface area contributed by atoms with E-state index in [1.165, 1.54) is 32.7 Å². The Balaban J connectivity index is 2.53. The summed E-state index contributed by atoms with van der Waals surface area (Å²) < 4.78 is 0. The molecule has 0 bridgehead atoms. The molecule has 0 spiro atoms. The Bertz CT molecular complexity index is 822. The molecule has 0 heterocycles. The maximum Gasteiger partial charge on any atom is 0.0669 e. The van der Waals surface area contributed by atoms with E-state index in [0.717, 1.165) is 5.56 Å². The van der Waals surface area contributed by atoms with Crippen molar-refractivity contribution in [3.8, 4) is 6.07 Å². The fourth-order valence-corrected chi connectivity index (χ4v) is 2.67. The van der Waals surface area contributed by atoms with Gasteiger partial charge in [-0.3, -0.25) is 0 Å². The fourth-order valence-electron chi connectivity index (χ4n) is 2.67. The monoisotopic (exact) mass is 245 g/mol. The lowest BCUT2D eigenvalue weighted by Crippen LogP contribution is -1.90. The summed E-state index contributed by atoms with van der Waals surface area (Å²) in [5.74, 6) is 0. The lowest BCUT2D eigenvalue weighted by atomic mass is 9.93. The minimum atomic E-state index is 0.462. The molecule has 0 unspecified atom stereocenters. The van der Waals surface area contributed by atoms with E-state index in [1.54, 1.807) is 0 Å². The average molecular weight is 245 g/mol. The van der Waals surface area contributed by atoms with Gasteiger partial charge >= 0.3 is 0 Å². The third-order valence-corrected chi connectivity index (χ3v) is 3.83. The molecule has 0 N–H and O–H groups in total. The van der Waals surface area contributed by atoms with Gasteiger partial charge in [0.25, 0.3) is 0 Å². The van der Waals surface area contributed by atoms with Crippen molar-refractivity contribution in [2.24, 2.45) is 0 Å². The van der Waals surface area contributed by atoms with E-state index in [1.807, 2.05) is 6.07 Å². The Labute approximate surface area is 113 Å². The second-order valence-corrected chi connectivity index (χ2v) is 5.07. The van der Waals surface area contributed by atoms with Crippen molar-refractivity contribution >= 4 is 21.5 Å². The van der Waals surface area contributed by atoms with Gasteiger partial charge in [-0.05, 0) is 58.1 Å². The lowest BCUT2D eigenvalue weighted by Gasteiger charge is -2.11. The molecule has 3 rings (SSSR count). The molecule has 1 nitrogen and oxygen atoms in total. The van der Waals surface area contributed by atoms with E-state index in [2.05, 4.69) is 56.3 Å². The zero-order valence-electron chi connectivity index (χ0n) is 11.2. The quantitative estimate of drug-likeness (QED) is 0.571. The number of rotatable bonds is 1. The highest BCUT2D eigenvalue weighted by molar-refractivity contribution is 6.09. The largest absolute Gasteiger partial charge is 0.198 e. The van der Waals surface area contributed by atoms with E-state index in [-0.39, 0.29) is 0 Å². The van der Waals surface area contributed by atoms with Crippen molar-refractivity contribution in [3.63, 3.8) is 0 Å². The van der Waals surface area contributed by atoms with Crippen molar-refractivity contribution in [2.45, 2.75) is 20.3 Å². The minimum absolute atomic E-state index is 0.462. The first-order valence-corrected chi connectivity index (χ1v) is 6.49. The van der Waals surface area contributed by atoms with Crippen molar-refractivity contribution < 1.29 is 0 Å². The van der Waals surface area contributed by atoms with Crippen LogP contribution in [0.3, 0.4) is 0 Å². The number of aryl methyl sites for hydroxylation is 2. The van der Waals surface area contributed by atoms with Crippen molar-refractivity contribution in [1.29, 1.82) is 5.26 Å². The van der Waals surface area contributed by atoms with E-state index in [9.17, 15) is 0 Å². The molecule has 0 aliphatic carbocycles. The van der Waals surface area contributed by atoms with E-state index in [4.69, 9.17) is 5.26 Å². The molecule has 0 aliphatic rings. The molecule has 92 valence electrons. The summed E-state index contributed by atoms with van der Waals surface area (Å²) in [5.41, 5.74) is 3.70. The number of fused-ring (bicyclic) bond motifs is 3. The Morgan fingerprint density at radius 2 is 1.58 bits per heavy atom. The zero-order valence-corrected chi connectivity index (χ0v) is 11.2. The predicted octanol–water partition coefficient (Wildman–Crippen LogP) is 4.68. The number of nitriles is 1. The van der Waals surface area contributed by atoms with Crippen molar-refractivity contribution in [2.75, 3.05) is 0 Å². The van der Waals surface area contributed by atoms with Crippen LogP contribution in [-0.2, 0) is 6.42 Å². The molecule has 0 saturated heterocycles. The summed E-state index contributed by atoms with van der Waals surface area (Å²) >= 11 is 0. The molecule has 0 saturated carbocycles. The van der Waals surface area contributed by atoms with Gasteiger partial charge in [0.1, 0.15) is 0 Å². The smallest absolute Gasteiger partial charge is 0.0669 e. The second-order valence-electron chi connectivity index (χ2n) is 5.07. The Kier molecular flexibility index (Phi) is 2.72. The normalized spacial score (nSPS) is 10.8. The number of hydrogen-bond acceptors (Lipinski definition) is 1. The average Bonchev–Trinajstić information content (AvgIpc) is 2.41. The van der Waals surface area contributed by atoms with E-state index < -0.39 is 0 Å². The van der Waals surface area contributed by atoms with E-state index in [0.29, 0.717) is 6.42 Å². The topological polar surface area (TPSA) is 23.8 Å². The first kappa shape index (κ1) is 11.7. The van der Waals surface area contributed by atoms with Crippen molar-refractivity contribution in [1.82, 2.24) is 0 Å². The Morgan fingerprint density at radius 1 is 0.895 bits per heavy atom. The van der Waals surface area contributed by atoms with Gasteiger partial charge in [0.15, 0.2) is 0 Å². The second kappa shape index (κ2) is 4.40. The first-order chi connectivity index (χ1) is 9.20. The van der Waals surface area contributed by atoms with Crippen LogP contribution in [0.5, 0.6) is 0 Å². The highest BCUT2D eigenvalue weighted by atomic mass is 14.2. The van der Waals surface area contributed by atoms with Gasteiger partial charge < -0.3 is 0 Å². The van der Waals surface area contributed by atoms with Gasteiger partial charge in [0, 0.05) is 0 Å². The molecule has 0 amide bonds. The van der Waals surface area contributed by atoms with Crippen LogP contribution in [0.2, 0.25) is 0 Å². The van der Waals surface area contributed by atoms with Gasteiger partial charge in [0.2, 0.25) is 0 Å². The Morgan fingerprint density at radius 3 is 2.32 bits per heavy atom. The molecular formula is C18H15N. The summed E-state index contributed by atoms with van der Waals surface area (Å²) in [6.07, 6.45) is 0.462. The molecule has 0 atom stereocenters. The third kappa shape index (κ3) is 1.86. The molecule has 19 heavy (non-hydrogen) atoms. The maximum absolute atomic E-state index is 9.03. The molecule has 3 aromatic carbocycles. The molecule has 0 aromatic heterocycles. The number of benzene rings is 3. The van der Waals surface area contributed by atoms with Gasteiger partial charge in [0.05, 0.1) is 12.5 Å². The lowest BCUT2D eigenvalue weighted by molar-refractivity contribution is 1.29. The third-order valence-electron chi connectivity index (χ3n) is 3.83. The maximum atomic E-state index is 9.03. The molecule has 1 heteroatoms. The van der Waals surface area contributed by atoms with Gasteiger partial charge in [-0.1, -0.05) is 36.4 Å². The highest BCUT2D eigenvalue weighted by Gasteiger charge is 2.08. The molecule has 0 radical (unpaired) electrons. The van der Waals surface area contributed by atoms with Crippen molar-refractivity contribution in [3.05, 3.63) is 59.2 Å². The van der Waals surface area contributed by atoms with Crippen LogP contribution < -0.4 is 0 Å². The van der Waals surface area contributed by atoms with Crippen LogP contribution in [0.25, 0.3) is 21.5 Å². The summed E-state index contributed by atoms with van der Waals surface area (Å²) in [7, 11) is 0. The molecule has 3 aromatic rings. The van der Waals surface area contributed by atoms with Crippen LogP contribution in [0.15, 0.2) is 42.5 Å². The molecule has 0 fully saturated rings. The highest BCUT2D eigenvalue weighted by Crippen LogP contribution is 2.31. The fraction of sp³-hybridized carbons (Fsp3) is 0.167.